The van der Waals surface area contributed by atoms with Crippen LogP contribution in [0.25, 0.3) is 49.7 Å². The summed E-state index contributed by atoms with van der Waals surface area (Å²) in [6.45, 7) is 19.9. The quantitative estimate of drug-likeness (QED) is 0.206. The lowest BCUT2D eigenvalue weighted by molar-refractivity contribution is 0.457. The first-order chi connectivity index (χ1) is 23.1. The van der Waals surface area contributed by atoms with Crippen molar-refractivity contribution in [3.05, 3.63) is 120 Å². The lowest BCUT2D eigenvalue weighted by Crippen LogP contribution is -2.12. The highest BCUT2D eigenvalue weighted by molar-refractivity contribution is 6.15. The summed E-state index contributed by atoms with van der Waals surface area (Å²) in [5, 5.41) is 14.1. The van der Waals surface area contributed by atoms with Gasteiger partial charge in [0.05, 0.1) is 11.0 Å². The standard InChI is InChI=1S/C44H45N3O2/c1-42(2,3)28-18-22-37(45-26-28)47-35-25-29(49-38-23-19-31-33(43(4,5)6)20-21-36(48)40(31)46-38)24-34(44(7,8)9)39(35)32-17-13-16-30(41(32)47)27-14-11-10-12-15-27/h10-26,48H,1-9H3. The fourth-order valence-electron chi connectivity index (χ4n) is 6.88. The van der Waals surface area contributed by atoms with E-state index in [0.29, 0.717) is 17.1 Å². The number of rotatable bonds is 4. The molecular formula is C44H45N3O2. The van der Waals surface area contributed by atoms with Gasteiger partial charge in [-0.15, -0.1) is 0 Å². The third kappa shape index (κ3) is 5.82. The van der Waals surface area contributed by atoms with E-state index in [2.05, 4.69) is 140 Å². The predicted octanol–water partition coefficient (Wildman–Crippen LogP) is 11.8. The van der Waals surface area contributed by atoms with E-state index in [1.54, 1.807) is 6.07 Å². The molecule has 0 radical (unpaired) electrons. The summed E-state index contributed by atoms with van der Waals surface area (Å²) in [7, 11) is 0. The lowest BCUT2D eigenvalue weighted by Gasteiger charge is -2.23. The van der Waals surface area contributed by atoms with E-state index in [1.807, 2.05) is 24.4 Å². The number of hydrogen-bond acceptors (Lipinski definition) is 4. The van der Waals surface area contributed by atoms with E-state index < -0.39 is 0 Å². The van der Waals surface area contributed by atoms with E-state index >= 15 is 0 Å². The van der Waals surface area contributed by atoms with Crippen molar-refractivity contribution < 1.29 is 9.84 Å². The molecule has 49 heavy (non-hydrogen) atoms. The molecule has 0 amide bonds. The third-order valence-electron chi connectivity index (χ3n) is 9.44. The first-order valence-corrected chi connectivity index (χ1v) is 17.1. The topological polar surface area (TPSA) is 60.2 Å². The van der Waals surface area contributed by atoms with Crippen molar-refractivity contribution in [3.63, 3.8) is 0 Å². The highest BCUT2D eigenvalue weighted by Crippen LogP contribution is 2.45. The molecule has 4 aromatic carbocycles. The Morgan fingerprint density at radius 3 is 2.04 bits per heavy atom. The van der Waals surface area contributed by atoms with Crippen LogP contribution in [-0.2, 0) is 16.2 Å². The minimum absolute atomic E-state index is 0.0170. The molecule has 0 bridgehead atoms. The number of phenols is 1. The SMILES string of the molecule is CC(C)(C)c1ccc(-n2c3cc(Oc4ccc5c(C(C)(C)C)ccc(O)c5n4)cc(C(C)(C)C)c3c3cccc(-c4ccccc4)c32)nc1. The van der Waals surface area contributed by atoms with Gasteiger partial charge in [-0.25, -0.2) is 9.97 Å². The number of benzene rings is 4. The van der Waals surface area contributed by atoms with Gasteiger partial charge < -0.3 is 9.84 Å². The maximum atomic E-state index is 10.8. The Balaban J connectivity index is 1.51. The molecule has 7 aromatic rings. The average Bonchev–Trinajstić information content (AvgIpc) is 3.38. The van der Waals surface area contributed by atoms with Crippen LogP contribution >= 0.6 is 0 Å². The fourth-order valence-corrected chi connectivity index (χ4v) is 6.88. The normalized spacial score (nSPS) is 12.7. The zero-order valence-corrected chi connectivity index (χ0v) is 30.0. The summed E-state index contributed by atoms with van der Waals surface area (Å²) in [6.07, 6.45) is 2.00. The lowest BCUT2D eigenvalue weighted by atomic mass is 9.83. The minimum atomic E-state index is -0.209. The molecule has 0 aliphatic carbocycles. The van der Waals surface area contributed by atoms with E-state index in [9.17, 15) is 5.11 Å². The van der Waals surface area contributed by atoms with E-state index in [4.69, 9.17) is 14.7 Å². The first kappa shape index (κ1) is 32.4. The van der Waals surface area contributed by atoms with Gasteiger partial charge in [0.1, 0.15) is 22.8 Å². The van der Waals surface area contributed by atoms with Crippen LogP contribution in [0.2, 0.25) is 0 Å². The zero-order chi connectivity index (χ0) is 34.9. The number of hydrogen-bond donors (Lipinski definition) is 1. The fraction of sp³-hybridized carbons (Fsp3) is 0.273. The molecule has 0 aliphatic rings. The Labute approximate surface area is 289 Å². The van der Waals surface area contributed by atoms with Crippen LogP contribution in [0.4, 0.5) is 0 Å². The largest absolute Gasteiger partial charge is 0.506 e. The monoisotopic (exact) mass is 647 g/mol. The molecule has 0 saturated heterocycles. The van der Waals surface area contributed by atoms with Gasteiger partial charge in [0.2, 0.25) is 5.88 Å². The molecule has 0 saturated carbocycles. The van der Waals surface area contributed by atoms with Gasteiger partial charge in [-0.2, -0.15) is 0 Å². The highest BCUT2D eigenvalue weighted by atomic mass is 16.5. The average molecular weight is 648 g/mol. The van der Waals surface area contributed by atoms with Crippen molar-refractivity contribution in [2.45, 2.75) is 78.6 Å². The summed E-state index contributed by atoms with van der Waals surface area (Å²) in [5.74, 6) is 2.08. The van der Waals surface area contributed by atoms with Gasteiger partial charge in [0.25, 0.3) is 0 Å². The number of fused-ring (bicyclic) bond motifs is 4. The van der Waals surface area contributed by atoms with Crippen molar-refractivity contribution >= 4 is 32.7 Å². The van der Waals surface area contributed by atoms with E-state index in [-0.39, 0.29) is 22.0 Å². The number of phenolic OH excluding ortho intramolecular Hbond substituents is 1. The molecule has 0 atom stereocenters. The Morgan fingerprint density at radius 2 is 1.39 bits per heavy atom. The molecular weight excluding hydrogens is 603 g/mol. The van der Waals surface area contributed by atoms with Crippen LogP contribution in [0.5, 0.6) is 17.4 Å². The smallest absolute Gasteiger partial charge is 0.219 e. The Bertz CT molecular complexity index is 2350. The molecule has 5 heteroatoms. The predicted molar refractivity (Wildman–Crippen MR) is 204 cm³/mol. The van der Waals surface area contributed by atoms with Gasteiger partial charge >= 0.3 is 0 Å². The molecule has 0 spiro atoms. The minimum Gasteiger partial charge on any atom is -0.506 e. The summed E-state index contributed by atoms with van der Waals surface area (Å²) < 4.78 is 8.91. The van der Waals surface area contributed by atoms with E-state index in [0.717, 1.165) is 44.3 Å². The zero-order valence-electron chi connectivity index (χ0n) is 30.0. The number of para-hydroxylation sites is 1. The van der Waals surface area contributed by atoms with Gasteiger partial charge in [0.15, 0.2) is 0 Å². The van der Waals surface area contributed by atoms with Crippen molar-refractivity contribution in [1.82, 2.24) is 14.5 Å². The van der Waals surface area contributed by atoms with Crippen LogP contribution in [-0.4, -0.2) is 19.6 Å². The van der Waals surface area contributed by atoms with Crippen LogP contribution in [0.15, 0.2) is 103 Å². The van der Waals surface area contributed by atoms with Crippen molar-refractivity contribution in [2.75, 3.05) is 0 Å². The molecule has 0 unspecified atom stereocenters. The van der Waals surface area contributed by atoms with Crippen LogP contribution in [0, 0.1) is 0 Å². The maximum Gasteiger partial charge on any atom is 0.219 e. The van der Waals surface area contributed by atoms with Crippen molar-refractivity contribution in [2.24, 2.45) is 0 Å². The highest BCUT2D eigenvalue weighted by Gasteiger charge is 2.27. The van der Waals surface area contributed by atoms with Gasteiger partial charge in [-0.1, -0.05) is 123 Å². The summed E-state index contributed by atoms with van der Waals surface area (Å²) in [6, 6.07) is 33.3. The molecule has 3 heterocycles. The summed E-state index contributed by atoms with van der Waals surface area (Å²) in [4.78, 5) is 9.92. The van der Waals surface area contributed by atoms with Crippen LogP contribution in [0.3, 0.4) is 0 Å². The number of ether oxygens (including phenoxy) is 1. The van der Waals surface area contributed by atoms with Crippen LogP contribution in [0.1, 0.15) is 79.0 Å². The number of nitrogens with zero attached hydrogens (tertiary/aromatic N) is 3. The summed E-state index contributed by atoms with van der Waals surface area (Å²) >= 11 is 0. The van der Waals surface area contributed by atoms with Crippen LogP contribution < -0.4 is 4.74 Å². The number of pyridine rings is 2. The molecule has 0 fully saturated rings. The number of aromatic nitrogens is 3. The first-order valence-electron chi connectivity index (χ1n) is 17.1. The van der Waals surface area contributed by atoms with Crippen molar-refractivity contribution in [1.29, 1.82) is 0 Å². The Morgan fingerprint density at radius 1 is 0.653 bits per heavy atom. The summed E-state index contributed by atoms with van der Waals surface area (Å²) in [5.41, 5.74) is 8.07. The third-order valence-corrected chi connectivity index (χ3v) is 9.44. The molecule has 7 rings (SSSR count). The van der Waals surface area contributed by atoms with Gasteiger partial charge in [0, 0.05) is 40.1 Å². The Kier molecular flexibility index (Phi) is 7.59. The molecule has 248 valence electrons. The molecule has 3 aromatic heterocycles. The number of aromatic hydroxyl groups is 1. The second-order valence-corrected chi connectivity index (χ2v) is 16.2. The molecule has 1 N–H and O–H groups in total. The second-order valence-electron chi connectivity index (χ2n) is 16.2. The molecule has 0 aliphatic heterocycles. The maximum absolute atomic E-state index is 10.8. The Hall–Kier alpha value is -5.16. The molecule has 5 nitrogen and oxygen atoms in total. The van der Waals surface area contributed by atoms with Crippen molar-refractivity contribution in [3.8, 4) is 34.3 Å². The van der Waals surface area contributed by atoms with E-state index in [1.165, 1.54) is 16.5 Å². The van der Waals surface area contributed by atoms with Gasteiger partial charge in [-0.05, 0) is 62.8 Å². The van der Waals surface area contributed by atoms with Gasteiger partial charge in [-0.3, -0.25) is 4.57 Å². The second kappa shape index (κ2) is 11.5.